The summed E-state index contributed by atoms with van der Waals surface area (Å²) in [5, 5.41) is 2.96. The van der Waals surface area contributed by atoms with Crippen molar-refractivity contribution in [2.24, 2.45) is 0 Å². The van der Waals surface area contributed by atoms with Crippen molar-refractivity contribution < 1.29 is 14.3 Å². The molecule has 0 saturated heterocycles. The Hall–Kier alpha value is -3.27. The molecular weight excluding hydrogens is 326 g/mol. The second kappa shape index (κ2) is 7.31. The van der Waals surface area contributed by atoms with Gasteiger partial charge in [0.05, 0.1) is 0 Å². The smallest absolute Gasteiger partial charge is 0.251 e. The predicted molar refractivity (Wildman–Crippen MR) is 100 cm³/mol. The Kier molecular flexibility index (Phi) is 4.56. The number of carbonyl (C=O) groups is 1. The third-order valence-electron chi connectivity index (χ3n) is 4.39. The summed E-state index contributed by atoms with van der Waals surface area (Å²) in [7, 11) is 0. The van der Waals surface area contributed by atoms with E-state index in [2.05, 4.69) is 17.4 Å². The summed E-state index contributed by atoms with van der Waals surface area (Å²) in [5.74, 6) is 1.48. The number of fused-ring (bicyclic) bond motifs is 1. The number of hydrogen-bond donors (Lipinski definition) is 1. The van der Waals surface area contributed by atoms with E-state index in [1.165, 1.54) is 0 Å². The molecular formula is C22H19NO3. The van der Waals surface area contributed by atoms with E-state index in [1.807, 2.05) is 60.7 Å². The van der Waals surface area contributed by atoms with Crippen LogP contribution < -0.4 is 14.8 Å². The van der Waals surface area contributed by atoms with Crippen LogP contribution in [0.1, 0.15) is 15.9 Å². The second-order valence-electron chi connectivity index (χ2n) is 6.14. The molecule has 3 aromatic carbocycles. The van der Waals surface area contributed by atoms with E-state index in [4.69, 9.17) is 9.47 Å². The third-order valence-corrected chi connectivity index (χ3v) is 4.39. The monoisotopic (exact) mass is 345 g/mol. The molecule has 0 bridgehead atoms. The molecule has 0 unspecified atom stereocenters. The Balaban J connectivity index is 1.33. The molecule has 4 nitrogen and oxygen atoms in total. The predicted octanol–water partition coefficient (Wildman–Crippen LogP) is 4.05. The molecule has 26 heavy (non-hydrogen) atoms. The molecule has 1 aliphatic heterocycles. The first kappa shape index (κ1) is 16.2. The lowest BCUT2D eigenvalue weighted by molar-refractivity contribution is 0.0954. The van der Waals surface area contributed by atoms with Crippen molar-refractivity contribution in [3.8, 4) is 22.6 Å². The number of hydrogen-bond acceptors (Lipinski definition) is 3. The summed E-state index contributed by atoms with van der Waals surface area (Å²) < 4.78 is 10.7. The molecule has 0 atom stereocenters. The van der Waals surface area contributed by atoms with Gasteiger partial charge in [-0.15, -0.1) is 0 Å². The minimum Gasteiger partial charge on any atom is -0.454 e. The fourth-order valence-corrected chi connectivity index (χ4v) is 2.96. The molecule has 4 heteroatoms. The zero-order valence-electron chi connectivity index (χ0n) is 14.3. The van der Waals surface area contributed by atoms with Gasteiger partial charge in [0.2, 0.25) is 6.79 Å². The van der Waals surface area contributed by atoms with Crippen molar-refractivity contribution in [1.82, 2.24) is 5.32 Å². The minimum absolute atomic E-state index is 0.0645. The molecule has 0 aliphatic carbocycles. The summed E-state index contributed by atoms with van der Waals surface area (Å²) in [4.78, 5) is 12.3. The van der Waals surface area contributed by atoms with E-state index in [-0.39, 0.29) is 12.7 Å². The fourth-order valence-electron chi connectivity index (χ4n) is 2.96. The van der Waals surface area contributed by atoms with Gasteiger partial charge < -0.3 is 14.8 Å². The van der Waals surface area contributed by atoms with Crippen LogP contribution >= 0.6 is 0 Å². The van der Waals surface area contributed by atoms with Gasteiger partial charge in [0.1, 0.15) is 0 Å². The molecule has 3 aromatic rings. The van der Waals surface area contributed by atoms with Crippen molar-refractivity contribution >= 4 is 5.91 Å². The number of amides is 1. The highest BCUT2D eigenvalue weighted by atomic mass is 16.7. The number of nitrogens with one attached hydrogen (secondary N) is 1. The Morgan fingerprint density at radius 3 is 2.38 bits per heavy atom. The van der Waals surface area contributed by atoms with Crippen LogP contribution in [-0.4, -0.2) is 19.2 Å². The lowest BCUT2D eigenvalue weighted by Gasteiger charge is -2.07. The van der Waals surface area contributed by atoms with Gasteiger partial charge in [0.25, 0.3) is 5.91 Å². The zero-order valence-corrected chi connectivity index (χ0v) is 14.3. The van der Waals surface area contributed by atoms with Crippen LogP contribution in [0.4, 0.5) is 0 Å². The summed E-state index contributed by atoms with van der Waals surface area (Å²) >= 11 is 0. The van der Waals surface area contributed by atoms with Crippen LogP contribution in [0.5, 0.6) is 11.5 Å². The van der Waals surface area contributed by atoms with Crippen molar-refractivity contribution in [1.29, 1.82) is 0 Å². The van der Waals surface area contributed by atoms with Gasteiger partial charge in [0, 0.05) is 12.1 Å². The lowest BCUT2D eigenvalue weighted by atomic mass is 10.0. The van der Waals surface area contributed by atoms with Gasteiger partial charge in [-0.1, -0.05) is 48.5 Å². The fraction of sp³-hybridized carbons (Fsp3) is 0.136. The van der Waals surface area contributed by atoms with Gasteiger partial charge in [-0.25, -0.2) is 0 Å². The molecule has 130 valence electrons. The minimum atomic E-state index is -0.0645. The first-order valence-corrected chi connectivity index (χ1v) is 8.62. The Morgan fingerprint density at radius 1 is 0.846 bits per heavy atom. The number of rotatable bonds is 5. The van der Waals surface area contributed by atoms with Crippen LogP contribution in [0.15, 0.2) is 72.8 Å². The van der Waals surface area contributed by atoms with E-state index in [0.29, 0.717) is 12.1 Å². The standard InChI is InChI=1S/C22H19NO3/c24-22(19-9-7-18(8-10-19)17-4-2-1-3-5-17)23-13-12-16-6-11-20-21(14-16)26-15-25-20/h1-11,14H,12-13,15H2,(H,23,24). The van der Waals surface area contributed by atoms with Crippen molar-refractivity contribution in [2.75, 3.05) is 13.3 Å². The van der Waals surface area contributed by atoms with Gasteiger partial charge in [-0.3, -0.25) is 4.79 Å². The molecule has 1 N–H and O–H groups in total. The van der Waals surface area contributed by atoms with Crippen LogP contribution in [0.25, 0.3) is 11.1 Å². The molecule has 0 saturated carbocycles. The molecule has 0 radical (unpaired) electrons. The van der Waals surface area contributed by atoms with E-state index in [0.717, 1.165) is 34.6 Å². The summed E-state index contributed by atoms with van der Waals surface area (Å²) in [6.45, 7) is 0.841. The molecule has 1 heterocycles. The maximum absolute atomic E-state index is 12.3. The molecule has 0 spiro atoms. The normalized spacial score (nSPS) is 12.0. The third kappa shape index (κ3) is 3.54. The first-order chi connectivity index (χ1) is 12.8. The van der Waals surface area contributed by atoms with Crippen LogP contribution in [0.3, 0.4) is 0 Å². The largest absolute Gasteiger partial charge is 0.454 e. The van der Waals surface area contributed by atoms with Gasteiger partial charge in [-0.2, -0.15) is 0 Å². The number of benzene rings is 3. The average molecular weight is 345 g/mol. The maximum atomic E-state index is 12.3. The number of carbonyl (C=O) groups excluding carboxylic acids is 1. The van der Waals surface area contributed by atoms with E-state index in [1.54, 1.807) is 0 Å². The highest BCUT2D eigenvalue weighted by Crippen LogP contribution is 2.32. The molecule has 4 rings (SSSR count). The summed E-state index contributed by atoms with van der Waals surface area (Å²) in [6.07, 6.45) is 0.741. The summed E-state index contributed by atoms with van der Waals surface area (Å²) in [6, 6.07) is 23.6. The second-order valence-corrected chi connectivity index (χ2v) is 6.14. The SMILES string of the molecule is O=C(NCCc1ccc2c(c1)OCO2)c1ccc(-c2ccccc2)cc1. The molecule has 1 aliphatic rings. The van der Waals surface area contributed by atoms with Crippen molar-refractivity contribution in [3.63, 3.8) is 0 Å². The van der Waals surface area contributed by atoms with E-state index >= 15 is 0 Å². The average Bonchev–Trinajstić information content (AvgIpc) is 3.16. The maximum Gasteiger partial charge on any atom is 0.251 e. The van der Waals surface area contributed by atoms with Crippen LogP contribution in [0.2, 0.25) is 0 Å². The highest BCUT2D eigenvalue weighted by molar-refractivity contribution is 5.94. The van der Waals surface area contributed by atoms with Crippen LogP contribution in [-0.2, 0) is 6.42 Å². The highest BCUT2D eigenvalue weighted by Gasteiger charge is 2.13. The Bertz CT molecular complexity index is 904. The first-order valence-electron chi connectivity index (χ1n) is 8.62. The molecule has 0 fully saturated rings. The van der Waals surface area contributed by atoms with Gasteiger partial charge in [0.15, 0.2) is 11.5 Å². The summed E-state index contributed by atoms with van der Waals surface area (Å²) in [5.41, 5.74) is 4.01. The zero-order chi connectivity index (χ0) is 17.8. The van der Waals surface area contributed by atoms with E-state index < -0.39 is 0 Å². The Morgan fingerprint density at radius 2 is 1.58 bits per heavy atom. The van der Waals surface area contributed by atoms with Crippen molar-refractivity contribution in [3.05, 3.63) is 83.9 Å². The molecule has 0 aromatic heterocycles. The Labute approximate surface area is 152 Å². The van der Waals surface area contributed by atoms with E-state index in [9.17, 15) is 4.79 Å². The number of ether oxygens (including phenoxy) is 2. The quantitative estimate of drug-likeness (QED) is 0.759. The van der Waals surface area contributed by atoms with Crippen molar-refractivity contribution in [2.45, 2.75) is 6.42 Å². The van der Waals surface area contributed by atoms with Crippen LogP contribution in [0, 0.1) is 0 Å². The molecule has 1 amide bonds. The lowest BCUT2D eigenvalue weighted by Crippen LogP contribution is -2.25. The van der Waals surface area contributed by atoms with Gasteiger partial charge >= 0.3 is 0 Å². The van der Waals surface area contributed by atoms with Gasteiger partial charge in [-0.05, 0) is 47.4 Å². The topological polar surface area (TPSA) is 47.6 Å².